The highest BCUT2D eigenvalue weighted by Gasteiger charge is 2.07. The maximum Gasteiger partial charge on any atom is 0.327 e. The van der Waals surface area contributed by atoms with E-state index in [1.54, 1.807) is 0 Å². The molecule has 0 aliphatic carbocycles. The molecule has 0 bridgehead atoms. The molecule has 0 atom stereocenters. The van der Waals surface area contributed by atoms with Crippen molar-refractivity contribution in [1.82, 2.24) is 9.55 Å². The number of aryl methyl sites for hydroxylation is 1. The number of benzene rings is 1. The number of imidazole rings is 1. The molecule has 0 fully saturated rings. The molecule has 4 heteroatoms. The van der Waals surface area contributed by atoms with Gasteiger partial charge in [0.1, 0.15) is 6.54 Å². The van der Waals surface area contributed by atoms with Crippen LogP contribution in [0.25, 0.3) is 11.0 Å². The van der Waals surface area contributed by atoms with Crippen molar-refractivity contribution in [3.8, 4) is 6.07 Å². The third kappa shape index (κ3) is 1.11. The van der Waals surface area contributed by atoms with E-state index >= 15 is 0 Å². The van der Waals surface area contributed by atoms with E-state index in [0.29, 0.717) is 0 Å². The first-order valence-electron chi connectivity index (χ1n) is 4.29. The van der Waals surface area contributed by atoms with Crippen LogP contribution in [0.4, 0.5) is 0 Å². The average Bonchev–Trinajstić information content (AvgIpc) is 2.45. The van der Waals surface area contributed by atoms with E-state index < -0.39 is 0 Å². The molecular weight excluding hydrogens is 178 g/mol. The third-order valence-electron chi connectivity index (χ3n) is 2.22. The second-order valence-electron chi connectivity index (χ2n) is 3.15. The third-order valence-corrected chi connectivity index (χ3v) is 2.22. The van der Waals surface area contributed by atoms with Gasteiger partial charge in [-0.1, -0.05) is 12.1 Å². The maximum absolute atomic E-state index is 11.4. The largest absolute Gasteiger partial charge is 0.327 e. The lowest BCUT2D eigenvalue weighted by Crippen LogP contribution is -2.16. The van der Waals surface area contributed by atoms with E-state index in [1.165, 1.54) is 4.57 Å². The normalized spacial score (nSPS) is 10.3. The number of rotatable bonds is 1. The molecule has 14 heavy (non-hydrogen) atoms. The fraction of sp³-hybridized carbons (Fsp3) is 0.200. The summed E-state index contributed by atoms with van der Waals surface area (Å²) < 4.78 is 1.45. The number of H-pyrrole nitrogens is 1. The molecule has 1 N–H and O–H groups in total. The zero-order chi connectivity index (χ0) is 10.1. The van der Waals surface area contributed by atoms with Crippen LogP contribution in [0.1, 0.15) is 5.56 Å². The standard InChI is InChI=1S/C10H9N3O/c1-7-3-2-4-8-9(7)13(6-5-11)10(14)12-8/h2-4H,6H2,1H3,(H,12,14). The molecule has 0 unspecified atom stereocenters. The Balaban J connectivity index is 2.88. The Hall–Kier alpha value is -2.02. The summed E-state index contributed by atoms with van der Waals surface area (Å²) in [6.45, 7) is 2.01. The van der Waals surface area contributed by atoms with Gasteiger partial charge in [0, 0.05) is 0 Å². The molecule has 0 saturated heterocycles. The van der Waals surface area contributed by atoms with Crippen molar-refractivity contribution < 1.29 is 0 Å². The van der Waals surface area contributed by atoms with E-state index in [4.69, 9.17) is 5.26 Å². The van der Waals surface area contributed by atoms with E-state index in [2.05, 4.69) is 4.98 Å². The lowest BCUT2D eigenvalue weighted by molar-refractivity contribution is 0.815. The minimum atomic E-state index is -0.226. The Morgan fingerprint density at radius 1 is 1.57 bits per heavy atom. The summed E-state index contributed by atoms with van der Waals surface area (Å²) in [6.07, 6.45) is 0. The van der Waals surface area contributed by atoms with Crippen LogP contribution in [0, 0.1) is 18.3 Å². The summed E-state index contributed by atoms with van der Waals surface area (Å²) in [7, 11) is 0. The van der Waals surface area contributed by atoms with Gasteiger partial charge in [-0.2, -0.15) is 5.26 Å². The van der Waals surface area contributed by atoms with Gasteiger partial charge >= 0.3 is 5.69 Å². The second-order valence-corrected chi connectivity index (χ2v) is 3.15. The van der Waals surface area contributed by atoms with E-state index in [9.17, 15) is 4.79 Å². The smallest absolute Gasteiger partial charge is 0.306 e. The van der Waals surface area contributed by atoms with Crippen LogP contribution >= 0.6 is 0 Å². The van der Waals surface area contributed by atoms with Crippen molar-refractivity contribution in [2.24, 2.45) is 0 Å². The molecule has 1 heterocycles. The predicted octanol–water partition coefficient (Wildman–Crippen LogP) is 1.16. The van der Waals surface area contributed by atoms with Gasteiger partial charge in [-0.05, 0) is 18.6 Å². The zero-order valence-electron chi connectivity index (χ0n) is 7.74. The van der Waals surface area contributed by atoms with Gasteiger partial charge in [0.15, 0.2) is 0 Å². The number of aromatic nitrogens is 2. The number of fused-ring (bicyclic) bond motifs is 1. The quantitative estimate of drug-likeness (QED) is 0.728. The summed E-state index contributed by atoms with van der Waals surface area (Å²) in [4.78, 5) is 14.1. The van der Waals surface area contributed by atoms with Crippen molar-refractivity contribution >= 4 is 11.0 Å². The van der Waals surface area contributed by atoms with Gasteiger partial charge in [0.05, 0.1) is 17.1 Å². The Bertz CT molecular complexity index is 571. The lowest BCUT2D eigenvalue weighted by atomic mass is 10.2. The molecular formula is C10H9N3O. The maximum atomic E-state index is 11.4. The molecule has 4 nitrogen and oxygen atoms in total. The average molecular weight is 187 g/mol. The molecule has 0 radical (unpaired) electrons. The number of nitriles is 1. The fourth-order valence-electron chi connectivity index (χ4n) is 1.62. The minimum Gasteiger partial charge on any atom is -0.306 e. The van der Waals surface area contributed by atoms with Crippen LogP contribution in [-0.2, 0) is 6.54 Å². The lowest BCUT2D eigenvalue weighted by Gasteiger charge is -1.99. The monoisotopic (exact) mass is 187 g/mol. The van der Waals surface area contributed by atoms with Crippen molar-refractivity contribution in [3.05, 3.63) is 34.2 Å². The molecule has 70 valence electrons. The molecule has 1 aromatic carbocycles. The second kappa shape index (κ2) is 3.04. The highest BCUT2D eigenvalue weighted by atomic mass is 16.1. The number of nitrogens with one attached hydrogen (secondary N) is 1. The predicted molar refractivity (Wildman–Crippen MR) is 52.9 cm³/mol. The van der Waals surface area contributed by atoms with Crippen LogP contribution in [0.2, 0.25) is 0 Å². The van der Waals surface area contributed by atoms with Crippen molar-refractivity contribution in [2.45, 2.75) is 13.5 Å². The van der Waals surface area contributed by atoms with Gasteiger partial charge in [0.2, 0.25) is 0 Å². The zero-order valence-corrected chi connectivity index (χ0v) is 7.74. The van der Waals surface area contributed by atoms with Gasteiger partial charge in [0.25, 0.3) is 0 Å². The van der Waals surface area contributed by atoms with Crippen molar-refractivity contribution in [2.75, 3.05) is 0 Å². The molecule has 0 aliphatic rings. The summed E-state index contributed by atoms with van der Waals surface area (Å²) >= 11 is 0. The van der Waals surface area contributed by atoms with Gasteiger partial charge in [-0.3, -0.25) is 4.57 Å². The Labute approximate surface area is 80.4 Å². The van der Waals surface area contributed by atoms with E-state index in [1.807, 2.05) is 31.2 Å². The molecule has 0 spiro atoms. The van der Waals surface area contributed by atoms with Gasteiger partial charge < -0.3 is 4.98 Å². The first-order chi connectivity index (χ1) is 6.74. The fourth-order valence-corrected chi connectivity index (χ4v) is 1.62. The van der Waals surface area contributed by atoms with Crippen molar-refractivity contribution in [3.63, 3.8) is 0 Å². The summed E-state index contributed by atoms with van der Waals surface area (Å²) in [5, 5.41) is 8.59. The number of hydrogen-bond acceptors (Lipinski definition) is 2. The molecule has 2 aromatic rings. The molecule has 0 aliphatic heterocycles. The highest BCUT2D eigenvalue weighted by molar-refractivity contribution is 5.78. The first kappa shape index (κ1) is 8.57. The van der Waals surface area contributed by atoms with Crippen LogP contribution < -0.4 is 5.69 Å². The Kier molecular flexibility index (Phi) is 1.86. The number of hydrogen-bond donors (Lipinski definition) is 1. The Morgan fingerprint density at radius 3 is 3.07 bits per heavy atom. The highest BCUT2D eigenvalue weighted by Crippen LogP contribution is 2.14. The number of para-hydroxylation sites is 1. The molecule has 0 amide bonds. The summed E-state index contributed by atoms with van der Waals surface area (Å²) in [5.41, 5.74) is 2.37. The van der Waals surface area contributed by atoms with Crippen LogP contribution in [0.15, 0.2) is 23.0 Å². The number of aromatic amines is 1. The molecule has 1 aromatic heterocycles. The van der Waals surface area contributed by atoms with Gasteiger partial charge in [-0.25, -0.2) is 4.79 Å². The van der Waals surface area contributed by atoms with Crippen LogP contribution in [0.5, 0.6) is 0 Å². The van der Waals surface area contributed by atoms with E-state index in [0.717, 1.165) is 16.6 Å². The van der Waals surface area contributed by atoms with Crippen molar-refractivity contribution in [1.29, 1.82) is 5.26 Å². The first-order valence-corrected chi connectivity index (χ1v) is 4.29. The van der Waals surface area contributed by atoms with Crippen LogP contribution in [-0.4, -0.2) is 9.55 Å². The molecule has 2 rings (SSSR count). The van der Waals surface area contributed by atoms with E-state index in [-0.39, 0.29) is 12.2 Å². The number of nitrogens with zero attached hydrogens (tertiary/aromatic N) is 2. The topological polar surface area (TPSA) is 61.6 Å². The summed E-state index contributed by atoms with van der Waals surface area (Å²) in [5.74, 6) is 0. The SMILES string of the molecule is Cc1cccc2[nH]c(=O)n(CC#N)c12. The Morgan fingerprint density at radius 2 is 2.36 bits per heavy atom. The van der Waals surface area contributed by atoms with Crippen LogP contribution in [0.3, 0.4) is 0 Å². The minimum absolute atomic E-state index is 0.0870. The van der Waals surface area contributed by atoms with Gasteiger partial charge in [-0.15, -0.1) is 0 Å². The summed E-state index contributed by atoms with van der Waals surface area (Å²) in [6, 6.07) is 7.60. The molecule has 0 saturated carbocycles.